The van der Waals surface area contributed by atoms with Crippen LogP contribution in [0.4, 0.5) is 10.1 Å². The average molecular weight is 446 g/mol. The average Bonchev–Trinajstić information content (AvgIpc) is 3.27. The molecule has 9 nitrogen and oxygen atoms in total. The first-order valence-electron chi connectivity index (χ1n) is 11.1. The first-order valence-corrected chi connectivity index (χ1v) is 11.1. The highest BCUT2D eigenvalue weighted by Crippen LogP contribution is 2.24. The van der Waals surface area contributed by atoms with Gasteiger partial charge in [-0.2, -0.15) is 5.10 Å². The summed E-state index contributed by atoms with van der Waals surface area (Å²) in [5.41, 5.74) is 9.01. The molecule has 1 aromatic rings. The van der Waals surface area contributed by atoms with Crippen molar-refractivity contribution in [2.45, 2.75) is 46.1 Å². The zero-order chi connectivity index (χ0) is 23.1. The van der Waals surface area contributed by atoms with Crippen LogP contribution in [0.1, 0.15) is 45.6 Å². The molecule has 2 heterocycles. The molecule has 2 aliphatic rings. The Morgan fingerprint density at radius 1 is 1.25 bits per heavy atom. The van der Waals surface area contributed by atoms with E-state index in [0.717, 1.165) is 18.6 Å². The van der Waals surface area contributed by atoms with Crippen molar-refractivity contribution in [1.29, 1.82) is 0 Å². The number of oxime groups is 1. The number of hydrogen-bond acceptors (Lipinski definition) is 6. The molecule has 1 aromatic carbocycles. The molecular formula is C22H32FN7O2. The summed E-state index contributed by atoms with van der Waals surface area (Å²) >= 11 is 0. The van der Waals surface area contributed by atoms with Crippen LogP contribution in [-0.4, -0.2) is 67.0 Å². The number of carbonyl (C=O) groups is 1. The van der Waals surface area contributed by atoms with E-state index in [0.29, 0.717) is 62.1 Å². The summed E-state index contributed by atoms with van der Waals surface area (Å²) < 4.78 is 14.9. The number of benzene rings is 1. The van der Waals surface area contributed by atoms with Crippen LogP contribution >= 0.6 is 0 Å². The molecule has 0 bridgehead atoms. The molecule has 1 amide bonds. The molecule has 3 rings (SSSR count). The maximum atomic E-state index is 14.9. The summed E-state index contributed by atoms with van der Waals surface area (Å²) in [5, 5.41) is 15.1. The van der Waals surface area contributed by atoms with E-state index in [1.165, 1.54) is 13.0 Å². The van der Waals surface area contributed by atoms with Gasteiger partial charge in [0.25, 0.3) is 0 Å². The van der Waals surface area contributed by atoms with Gasteiger partial charge in [0, 0.05) is 50.8 Å². The minimum absolute atomic E-state index is 0.120. The van der Waals surface area contributed by atoms with E-state index in [-0.39, 0.29) is 17.8 Å². The van der Waals surface area contributed by atoms with E-state index in [1.54, 1.807) is 6.07 Å². The van der Waals surface area contributed by atoms with Crippen molar-refractivity contribution in [3.8, 4) is 0 Å². The number of nitrogens with one attached hydrogen (secondary N) is 1. The fourth-order valence-electron chi connectivity index (χ4n) is 3.66. The fraction of sp³-hybridized carbons (Fsp3) is 0.545. The molecule has 0 spiro atoms. The molecule has 3 N–H and O–H groups in total. The molecule has 1 saturated heterocycles. The zero-order valence-electron chi connectivity index (χ0n) is 19.0. The van der Waals surface area contributed by atoms with Crippen molar-refractivity contribution in [2.75, 3.05) is 37.6 Å². The SMILES string of the molecule is CCC(CC)=N/N=C(\N)N1CCN(c2ccc(C3=NOC(CNC(C)=O)C3)cc2F)CC1. The van der Waals surface area contributed by atoms with Crippen LogP contribution < -0.4 is 16.0 Å². The molecule has 174 valence electrons. The Hall–Kier alpha value is -3.17. The van der Waals surface area contributed by atoms with Crippen molar-refractivity contribution >= 4 is 29.0 Å². The molecule has 1 unspecified atom stereocenters. The zero-order valence-corrected chi connectivity index (χ0v) is 19.0. The molecule has 0 aromatic heterocycles. The summed E-state index contributed by atoms with van der Waals surface area (Å²) in [5.74, 6) is -0.0244. The number of nitrogens with zero attached hydrogens (tertiary/aromatic N) is 5. The van der Waals surface area contributed by atoms with Crippen LogP contribution in [0.5, 0.6) is 0 Å². The number of guanidine groups is 1. The predicted octanol–water partition coefficient (Wildman–Crippen LogP) is 2.07. The van der Waals surface area contributed by atoms with Crippen LogP contribution in [0, 0.1) is 5.82 Å². The number of rotatable bonds is 7. The van der Waals surface area contributed by atoms with Crippen LogP contribution in [0.2, 0.25) is 0 Å². The van der Waals surface area contributed by atoms with Gasteiger partial charge in [0.15, 0.2) is 0 Å². The molecule has 32 heavy (non-hydrogen) atoms. The third kappa shape index (κ3) is 5.95. The van der Waals surface area contributed by atoms with Crippen molar-refractivity contribution in [3.63, 3.8) is 0 Å². The smallest absolute Gasteiger partial charge is 0.217 e. The second kappa shape index (κ2) is 10.9. The third-order valence-electron chi connectivity index (χ3n) is 5.65. The second-order valence-corrected chi connectivity index (χ2v) is 7.88. The highest BCUT2D eigenvalue weighted by atomic mass is 19.1. The Bertz CT molecular complexity index is 902. The predicted molar refractivity (Wildman–Crippen MR) is 125 cm³/mol. The maximum absolute atomic E-state index is 14.9. The summed E-state index contributed by atoms with van der Waals surface area (Å²) in [7, 11) is 0. The largest absolute Gasteiger partial charge is 0.390 e. The highest BCUT2D eigenvalue weighted by molar-refractivity contribution is 6.01. The second-order valence-electron chi connectivity index (χ2n) is 7.88. The molecule has 0 saturated carbocycles. The normalized spacial score (nSPS) is 18.8. The minimum atomic E-state index is -0.300. The van der Waals surface area contributed by atoms with Crippen LogP contribution in [0.25, 0.3) is 0 Å². The van der Waals surface area contributed by atoms with Crippen LogP contribution in [-0.2, 0) is 9.63 Å². The number of nitrogens with two attached hydrogens (primary N) is 1. The van der Waals surface area contributed by atoms with Gasteiger partial charge in [-0.3, -0.25) is 4.79 Å². The van der Waals surface area contributed by atoms with Gasteiger partial charge < -0.3 is 25.7 Å². The maximum Gasteiger partial charge on any atom is 0.217 e. The van der Waals surface area contributed by atoms with Crippen LogP contribution in [0.3, 0.4) is 0 Å². The van der Waals surface area contributed by atoms with E-state index in [9.17, 15) is 9.18 Å². The Morgan fingerprint density at radius 2 is 1.97 bits per heavy atom. The number of carbonyl (C=O) groups excluding carboxylic acids is 1. The molecule has 1 atom stereocenters. The Labute approximate surface area is 188 Å². The molecular weight excluding hydrogens is 413 g/mol. The van der Waals surface area contributed by atoms with Gasteiger partial charge >= 0.3 is 0 Å². The lowest BCUT2D eigenvalue weighted by Gasteiger charge is -2.36. The molecule has 1 fully saturated rings. The van der Waals surface area contributed by atoms with Gasteiger partial charge in [-0.15, -0.1) is 5.10 Å². The van der Waals surface area contributed by atoms with E-state index in [2.05, 4.69) is 20.7 Å². The molecule has 10 heteroatoms. The number of halogens is 1. The third-order valence-corrected chi connectivity index (χ3v) is 5.65. The quantitative estimate of drug-likeness (QED) is 0.380. The van der Waals surface area contributed by atoms with Crippen molar-refractivity contribution in [1.82, 2.24) is 10.2 Å². The van der Waals surface area contributed by atoms with Crippen molar-refractivity contribution in [3.05, 3.63) is 29.6 Å². The van der Waals surface area contributed by atoms with E-state index < -0.39 is 0 Å². The topological polar surface area (TPSA) is 108 Å². The summed E-state index contributed by atoms with van der Waals surface area (Å²) in [4.78, 5) is 20.4. The Morgan fingerprint density at radius 3 is 2.59 bits per heavy atom. The minimum Gasteiger partial charge on any atom is -0.390 e. The first kappa shape index (κ1) is 23.5. The fourth-order valence-corrected chi connectivity index (χ4v) is 3.66. The van der Waals surface area contributed by atoms with Crippen molar-refractivity contribution in [2.24, 2.45) is 21.1 Å². The highest BCUT2D eigenvalue weighted by Gasteiger charge is 2.25. The van der Waals surface area contributed by atoms with Crippen LogP contribution in [0.15, 0.2) is 33.6 Å². The lowest BCUT2D eigenvalue weighted by Crippen LogP contribution is -2.51. The number of piperazine rings is 1. The van der Waals surface area contributed by atoms with Gasteiger partial charge in [-0.05, 0) is 25.0 Å². The standard InChI is InChI=1S/C22H32FN7O2/c1-4-17(5-2)26-27-22(24)30-10-8-29(9-11-30)21-7-6-16(12-19(21)23)20-13-18(32-28-20)14-25-15(3)31/h6-7,12,18H,4-5,8-11,13-14H2,1-3H3,(H2,24,27)(H,25,31). The van der Waals surface area contributed by atoms with Gasteiger partial charge in [-0.25, -0.2) is 4.39 Å². The number of amides is 1. The number of anilines is 1. The summed E-state index contributed by atoms with van der Waals surface area (Å²) in [6.45, 7) is 8.47. The molecule has 2 aliphatic heterocycles. The van der Waals surface area contributed by atoms with Gasteiger partial charge in [0.1, 0.15) is 11.9 Å². The lowest BCUT2D eigenvalue weighted by atomic mass is 10.0. The molecule has 0 radical (unpaired) electrons. The summed E-state index contributed by atoms with van der Waals surface area (Å²) in [6, 6.07) is 5.13. The van der Waals surface area contributed by atoms with Gasteiger partial charge in [-0.1, -0.05) is 25.1 Å². The monoisotopic (exact) mass is 445 g/mol. The van der Waals surface area contributed by atoms with Gasteiger partial charge in [0.2, 0.25) is 11.9 Å². The van der Waals surface area contributed by atoms with E-state index in [4.69, 9.17) is 10.6 Å². The van der Waals surface area contributed by atoms with E-state index >= 15 is 0 Å². The van der Waals surface area contributed by atoms with Gasteiger partial charge in [0.05, 0.1) is 17.9 Å². The molecule has 0 aliphatic carbocycles. The first-order chi connectivity index (χ1) is 15.4. The Balaban J connectivity index is 1.57. The Kier molecular flexibility index (Phi) is 8.02. The lowest BCUT2D eigenvalue weighted by molar-refractivity contribution is -0.119. The van der Waals surface area contributed by atoms with E-state index in [1.807, 2.05) is 29.7 Å². The van der Waals surface area contributed by atoms with Crippen molar-refractivity contribution < 1.29 is 14.0 Å². The summed E-state index contributed by atoms with van der Waals surface area (Å²) in [6.07, 6.45) is 2.00. The number of hydrogen-bond donors (Lipinski definition) is 2.